The highest BCUT2D eigenvalue weighted by molar-refractivity contribution is 6.06. The fraction of sp³-hybridized carbons (Fsp3) is 0.286. The molecule has 1 amide bonds. The summed E-state index contributed by atoms with van der Waals surface area (Å²) in [6.07, 6.45) is 1.61. The maximum Gasteiger partial charge on any atom is 0.272 e. The first-order valence-corrected chi connectivity index (χ1v) is 6.33. The molecule has 0 aliphatic carbocycles. The van der Waals surface area contributed by atoms with Crippen molar-refractivity contribution in [2.45, 2.75) is 13.8 Å². The second-order valence-corrected chi connectivity index (χ2v) is 4.88. The standard InChI is InChI=1S/C14H16N4O2/c1-8-13(9(2)18(4)16-8)15-14(19)11-7-12-10(17(11)3)5-6-20-12/h5-7H,1-4H3,(H,15,19). The summed E-state index contributed by atoms with van der Waals surface area (Å²) in [7, 11) is 3.70. The summed E-state index contributed by atoms with van der Waals surface area (Å²) in [4.78, 5) is 12.4. The van der Waals surface area contributed by atoms with Gasteiger partial charge in [0.05, 0.1) is 28.9 Å². The van der Waals surface area contributed by atoms with Crippen molar-refractivity contribution in [2.75, 3.05) is 5.32 Å². The molecule has 3 heterocycles. The van der Waals surface area contributed by atoms with E-state index in [2.05, 4.69) is 10.4 Å². The zero-order valence-corrected chi connectivity index (χ0v) is 11.9. The largest absolute Gasteiger partial charge is 0.463 e. The third-order valence-electron chi connectivity index (χ3n) is 3.64. The van der Waals surface area contributed by atoms with Crippen LogP contribution in [0.2, 0.25) is 0 Å². The SMILES string of the molecule is Cc1nn(C)c(C)c1NC(=O)c1cc2occc2n1C. The fourth-order valence-electron chi connectivity index (χ4n) is 2.40. The summed E-state index contributed by atoms with van der Waals surface area (Å²) in [5, 5.41) is 7.21. The zero-order valence-electron chi connectivity index (χ0n) is 11.9. The van der Waals surface area contributed by atoms with Gasteiger partial charge in [0.1, 0.15) is 5.69 Å². The third kappa shape index (κ3) is 1.72. The summed E-state index contributed by atoms with van der Waals surface area (Å²) in [6, 6.07) is 3.58. The van der Waals surface area contributed by atoms with Gasteiger partial charge in [0, 0.05) is 26.2 Å². The number of carbonyl (C=O) groups excluding carboxylic acids is 1. The smallest absolute Gasteiger partial charge is 0.272 e. The van der Waals surface area contributed by atoms with Gasteiger partial charge in [-0.05, 0) is 13.8 Å². The topological polar surface area (TPSA) is 65.0 Å². The van der Waals surface area contributed by atoms with Gasteiger partial charge in [0.15, 0.2) is 5.58 Å². The minimum atomic E-state index is -0.168. The molecule has 6 heteroatoms. The van der Waals surface area contributed by atoms with Crippen molar-refractivity contribution < 1.29 is 9.21 Å². The molecule has 0 aliphatic heterocycles. The van der Waals surface area contributed by atoms with Crippen molar-refractivity contribution in [1.82, 2.24) is 14.3 Å². The van der Waals surface area contributed by atoms with E-state index in [0.717, 1.165) is 22.6 Å². The Bertz CT molecular complexity index is 807. The average molecular weight is 272 g/mol. The molecule has 0 atom stereocenters. The minimum Gasteiger partial charge on any atom is -0.463 e. The molecule has 0 bridgehead atoms. The van der Waals surface area contributed by atoms with Crippen LogP contribution in [0.15, 0.2) is 22.8 Å². The van der Waals surface area contributed by atoms with E-state index in [0.29, 0.717) is 11.3 Å². The lowest BCUT2D eigenvalue weighted by molar-refractivity contribution is 0.101. The zero-order chi connectivity index (χ0) is 14.4. The molecule has 20 heavy (non-hydrogen) atoms. The number of aromatic nitrogens is 3. The first kappa shape index (κ1) is 12.5. The van der Waals surface area contributed by atoms with Crippen LogP contribution in [-0.2, 0) is 14.1 Å². The highest BCUT2D eigenvalue weighted by Crippen LogP contribution is 2.23. The fourth-order valence-corrected chi connectivity index (χ4v) is 2.40. The van der Waals surface area contributed by atoms with Gasteiger partial charge in [-0.2, -0.15) is 5.10 Å². The molecule has 0 aromatic carbocycles. The van der Waals surface area contributed by atoms with Crippen LogP contribution in [0.25, 0.3) is 11.1 Å². The molecule has 104 valence electrons. The van der Waals surface area contributed by atoms with Crippen molar-refractivity contribution in [3.8, 4) is 0 Å². The maximum atomic E-state index is 12.4. The second kappa shape index (κ2) is 4.26. The Kier molecular flexibility index (Phi) is 2.67. The predicted octanol–water partition coefficient (Wildman–Crippen LogP) is 2.37. The summed E-state index contributed by atoms with van der Waals surface area (Å²) in [5.74, 6) is -0.168. The minimum absolute atomic E-state index is 0.168. The lowest BCUT2D eigenvalue weighted by Gasteiger charge is -2.06. The van der Waals surface area contributed by atoms with E-state index in [-0.39, 0.29) is 5.91 Å². The molecule has 6 nitrogen and oxygen atoms in total. The van der Waals surface area contributed by atoms with Crippen LogP contribution in [0.1, 0.15) is 21.9 Å². The van der Waals surface area contributed by atoms with Crippen LogP contribution in [0.4, 0.5) is 5.69 Å². The van der Waals surface area contributed by atoms with Crippen LogP contribution in [0.5, 0.6) is 0 Å². The van der Waals surface area contributed by atoms with Gasteiger partial charge in [-0.15, -0.1) is 0 Å². The van der Waals surface area contributed by atoms with E-state index >= 15 is 0 Å². The number of furan rings is 1. The molecule has 0 fully saturated rings. The van der Waals surface area contributed by atoms with Gasteiger partial charge < -0.3 is 14.3 Å². The number of anilines is 1. The van der Waals surface area contributed by atoms with Gasteiger partial charge in [-0.1, -0.05) is 0 Å². The number of rotatable bonds is 2. The Labute approximate surface area is 116 Å². The van der Waals surface area contributed by atoms with E-state index in [1.165, 1.54) is 0 Å². The summed E-state index contributed by atoms with van der Waals surface area (Å²) >= 11 is 0. The summed E-state index contributed by atoms with van der Waals surface area (Å²) in [5.41, 5.74) is 4.65. The molecular weight excluding hydrogens is 256 g/mol. The Morgan fingerprint density at radius 2 is 2.10 bits per heavy atom. The Balaban J connectivity index is 1.96. The van der Waals surface area contributed by atoms with Crippen LogP contribution >= 0.6 is 0 Å². The van der Waals surface area contributed by atoms with Gasteiger partial charge in [-0.25, -0.2) is 0 Å². The van der Waals surface area contributed by atoms with Gasteiger partial charge >= 0.3 is 0 Å². The van der Waals surface area contributed by atoms with Gasteiger partial charge in [0.25, 0.3) is 5.91 Å². The van der Waals surface area contributed by atoms with E-state index in [9.17, 15) is 4.79 Å². The number of nitrogens with one attached hydrogen (secondary N) is 1. The van der Waals surface area contributed by atoms with E-state index in [1.54, 1.807) is 17.0 Å². The molecule has 3 aromatic heterocycles. The summed E-state index contributed by atoms with van der Waals surface area (Å²) < 4.78 is 8.88. The molecule has 3 aromatic rings. The number of aryl methyl sites for hydroxylation is 3. The lowest BCUT2D eigenvalue weighted by atomic mass is 10.3. The molecular formula is C14H16N4O2. The van der Waals surface area contributed by atoms with Crippen molar-refractivity contribution in [2.24, 2.45) is 14.1 Å². The molecule has 0 saturated carbocycles. The maximum absolute atomic E-state index is 12.4. The van der Waals surface area contributed by atoms with Gasteiger partial charge in [0.2, 0.25) is 0 Å². The number of hydrogen-bond donors (Lipinski definition) is 1. The Morgan fingerprint density at radius 1 is 1.35 bits per heavy atom. The Morgan fingerprint density at radius 3 is 2.70 bits per heavy atom. The number of nitrogens with zero attached hydrogens (tertiary/aromatic N) is 3. The highest BCUT2D eigenvalue weighted by Gasteiger charge is 2.18. The van der Waals surface area contributed by atoms with E-state index in [1.807, 2.05) is 38.6 Å². The number of hydrogen-bond acceptors (Lipinski definition) is 3. The van der Waals surface area contributed by atoms with E-state index < -0.39 is 0 Å². The van der Waals surface area contributed by atoms with Crippen LogP contribution in [-0.4, -0.2) is 20.3 Å². The van der Waals surface area contributed by atoms with Gasteiger partial charge in [-0.3, -0.25) is 9.48 Å². The second-order valence-electron chi connectivity index (χ2n) is 4.88. The quantitative estimate of drug-likeness (QED) is 0.779. The van der Waals surface area contributed by atoms with Crippen molar-refractivity contribution >= 4 is 22.7 Å². The van der Waals surface area contributed by atoms with Crippen LogP contribution < -0.4 is 5.32 Å². The summed E-state index contributed by atoms with van der Waals surface area (Å²) in [6.45, 7) is 3.80. The molecule has 0 radical (unpaired) electrons. The third-order valence-corrected chi connectivity index (χ3v) is 3.64. The van der Waals surface area contributed by atoms with Crippen LogP contribution in [0, 0.1) is 13.8 Å². The first-order valence-electron chi connectivity index (χ1n) is 6.33. The molecule has 1 N–H and O–H groups in total. The number of amides is 1. The Hall–Kier alpha value is -2.50. The normalized spacial score (nSPS) is 11.2. The highest BCUT2D eigenvalue weighted by atomic mass is 16.3. The molecule has 0 unspecified atom stereocenters. The van der Waals surface area contributed by atoms with Crippen LogP contribution in [0.3, 0.4) is 0 Å². The van der Waals surface area contributed by atoms with E-state index in [4.69, 9.17) is 4.42 Å². The predicted molar refractivity (Wildman–Crippen MR) is 75.8 cm³/mol. The lowest BCUT2D eigenvalue weighted by Crippen LogP contribution is -2.16. The van der Waals surface area contributed by atoms with Crippen molar-refractivity contribution in [1.29, 1.82) is 0 Å². The molecule has 0 spiro atoms. The van der Waals surface area contributed by atoms with Crippen molar-refractivity contribution in [3.05, 3.63) is 35.5 Å². The number of carbonyl (C=O) groups is 1. The average Bonchev–Trinajstić information content (AvgIpc) is 3.03. The first-order chi connectivity index (χ1) is 9.49. The molecule has 0 aliphatic rings. The number of fused-ring (bicyclic) bond motifs is 1. The molecule has 3 rings (SSSR count). The molecule has 0 saturated heterocycles. The van der Waals surface area contributed by atoms with Crippen molar-refractivity contribution in [3.63, 3.8) is 0 Å². The monoisotopic (exact) mass is 272 g/mol.